The molecule has 4 aromatic rings. The molecule has 0 aromatic heterocycles. The number of amides is 1. The Labute approximate surface area is 295 Å². The molecule has 48 heavy (non-hydrogen) atoms. The second-order valence-electron chi connectivity index (χ2n) is 11.7. The van der Waals surface area contributed by atoms with Crippen LogP contribution in [0.1, 0.15) is 43.7 Å². The van der Waals surface area contributed by atoms with Gasteiger partial charge in [0.15, 0.2) is 0 Å². The van der Waals surface area contributed by atoms with Gasteiger partial charge in [0.1, 0.15) is 0 Å². The number of hydrogen-bond donors (Lipinski definition) is 0. The number of benzene rings is 4. The third-order valence-electron chi connectivity index (χ3n) is 8.02. The van der Waals surface area contributed by atoms with E-state index in [1.165, 1.54) is 41.3 Å². The van der Waals surface area contributed by atoms with E-state index in [-0.39, 0.29) is 25.7 Å². The summed E-state index contributed by atoms with van der Waals surface area (Å²) in [5.41, 5.74) is 8.79. The Morgan fingerprint density at radius 2 is 1.17 bits per heavy atom. The zero-order valence-corrected chi connectivity index (χ0v) is 30.4. The second kappa shape index (κ2) is 14.0. The summed E-state index contributed by atoms with van der Waals surface area (Å²) in [5, 5.41) is 22.7. The number of non-ortho nitro benzene ring substituents is 2. The molecule has 1 aliphatic heterocycles. The van der Waals surface area contributed by atoms with Crippen molar-refractivity contribution in [3.63, 3.8) is 0 Å². The molecule has 0 spiro atoms. The molecule has 10 nitrogen and oxygen atoms in total. The van der Waals surface area contributed by atoms with Crippen LogP contribution >= 0.6 is 23.2 Å². The van der Waals surface area contributed by atoms with Crippen LogP contribution in [-0.4, -0.2) is 36.9 Å². The summed E-state index contributed by atoms with van der Waals surface area (Å²) in [6.45, 7) is 13.8. The molecule has 0 radical (unpaired) electrons. The zero-order valence-electron chi connectivity index (χ0n) is 27.2. The number of anilines is 3. The fourth-order valence-corrected chi connectivity index (χ4v) is 9.19. The first-order valence-electron chi connectivity index (χ1n) is 14.9. The molecule has 0 saturated carbocycles. The molecule has 1 fully saturated rings. The predicted octanol–water partition coefficient (Wildman–Crippen LogP) is 8.18. The number of rotatable bonds is 7. The van der Waals surface area contributed by atoms with E-state index in [9.17, 15) is 25.0 Å². The van der Waals surface area contributed by atoms with Crippen molar-refractivity contribution in [1.82, 2.24) is 0 Å². The van der Waals surface area contributed by atoms with Gasteiger partial charge in [0.2, 0.25) is 0 Å². The van der Waals surface area contributed by atoms with Gasteiger partial charge in [-0.25, -0.2) is 0 Å². The topological polar surface area (TPSA) is 113 Å². The van der Waals surface area contributed by atoms with Gasteiger partial charge in [-0.1, -0.05) is 0 Å². The normalized spacial score (nSPS) is 12.8. The quantitative estimate of drug-likeness (QED) is 0.0806. The van der Waals surface area contributed by atoms with Crippen molar-refractivity contribution in [2.24, 2.45) is 0 Å². The van der Waals surface area contributed by atoms with Crippen LogP contribution < -0.4 is 14.7 Å². The van der Waals surface area contributed by atoms with Gasteiger partial charge in [0.25, 0.3) is 0 Å². The molecule has 1 heterocycles. The maximum atomic E-state index is 14.3. The van der Waals surface area contributed by atoms with E-state index in [2.05, 4.69) is 75.6 Å². The first-order chi connectivity index (χ1) is 22.7. The molecule has 13 heteroatoms. The van der Waals surface area contributed by atoms with Gasteiger partial charge >= 0.3 is 297 Å². The Morgan fingerprint density at radius 3 is 1.58 bits per heavy atom. The third kappa shape index (κ3) is 6.95. The van der Waals surface area contributed by atoms with Crippen LogP contribution in [0.15, 0.2) is 66.7 Å². The van der Waals surface area contributed by atoms with E-state index < -0.39 is 32.0 Å². The average Bonchev–Trinajstić information content (AvgIpc) is 3.38. The van der Waals surface area contributed by atoms with E-state index in [1.54, 1.807) is 0 Å². The number of nitrogens with zero attached hydrogens (tertiary/aromatic N) is 5. The first kappa shape index (κ1) is 35.0. The van der Waals surface area contributed by atoms with Gasteiger partial charge in [-0.3, -0.25) is 0 Å². The summed E-state index contributed by atoms with van der Waals surface area (Å²) in [6, 6.07) is 17.7. The van der Waals surface area contributed by atoms with Gasteiger partial charge in [0.05, 0.1) is 0 Å². The predicted molar refractivity (Wildman–Crippen MR) is 190 cm³/mol. The molecule has 1 amide bonds. The number of carbonyl (C=O) groups is 1. The number of halogens is 2. The van der Waals surface area contributed by atoms with Crippen LogP contribution in [0.5, 0.6) is 0 Å². The average molecular weight is 776 g/mol. The molecule has 1 aliphatic rings. The zero-order chi connectivity index (χ0) is 35.0. The van der Waals surface area contributed by atoms with Crippen molar-refractivity contribution in [2.45, 2.75) is 41.5 Å². The minimum atomic E-state index is -1.05. The van der Waals surface area contributed by atoms with Crippen molar-refractivity contribution in [3.05, 3.63) is 131 Å². The molecule has 5 rings (SSSR count). The van der Waals surface area contributed by atoms with Gasteiger partial charge in [0, 0.05) is 0 Å². The van der Waals surface area contributed by atoms with Gasteiger partial charge < -0.3 is 0 Å². The number of nitro benzene ring substituents is 2. The molecule has 0 bridgehead atoms. The fraction of sp³-hybridized carbons (Fsp3) is 0.229. The summed E-state index contributed by atoms with van der Waals surface area (Å²) in [6.07, 6.45) is 0. The van der Waals surface area contributed by atoms with E-state index in [0.29, 0.717) is 18.8 Å². The first-order valence-corrected chi connectivity index (χ1v) is 17.4. The molecular formula is C35H33Cl2N5O5Ru. The molecule has 0 aliphatic carbocycles. The summed E-state index contributed by atoms with van der Waals surface area (Å²) in [4.78, 5) is 41.8. The Balaban J connectivity index is 1.78. The second-order valence-corrected chi connectivity index (χ2v) is 15.0. The summed E-state index contributed by atoms with van der Waals surface area (Å²) < 4.78 is 1.14. The standard InChI is InChI=1S/C21H26N2.C14H7Cl2N3O5.Ru/c1-14-9-16(3)20(17(4)10-14)22-7-8-23(13-22)21-18(5)11-15(2)12-19(21)6;15-8-17(9-1-3-10(4-2-9)18(21)22)14(20)12-6-5-11(19(23)24)7-13(12)16;/h9-12H,7-8H2,1-6H3;1-7H;. The molecule has 0 N–H and O–H groups in total. The van der Waals surface area contributed by atoms with E-state index in [4.69, 9.17) is 23.2 Å². The fourth-order valence-electron chi connectivity index (χ4n) is 6.24. The van der Waals surface area contributed by atoms with Crippen LogP contribution in [0, 0.1) is 61.8 Å². The van der Waals surface area contributed by atoms with Gasteiger partial charge in [-0.05, 0) is 0 Å². The monoisotopic (exact) mass is 775 g/mol. The molecule has 0 unspecified atom stereocenters. The van der Waals surface area contributed by atoms with Crippen LogP contribution in [0.25, 0.3) is 0 Å². The minimum absolute atomic E-state index is 0.0000902. The van der Waals surface area contributed by atoms with Gasteiger partial charge in [-0.2, -0.15) is 0 Å². The third-order valence-corrected chi connectivity index (χ3v) is 11.0. The Morgan fingerprint density at radius 1 is 0.729 bits per heavy atom. The summed E-state index contributed by atoms with van der Waals surface area (Å²) in [7, 11) is 0. The molecule has 4 aromatic carbocycles. The van der Waals surface area contributed by atoms with Crippen molar-refractivity contribution >= 4 is 65.6 Å². The van der Waals surface area contributed by atoms with Crippen molar-refractivity contribution in [1.29, 1.82) is 0 Å². The van der Waals surface area contributed by atoms with Crippen molar-refractivity contribution in [3.8, 4) is 0 Å². The molecular weight excluding hydrogens is 742 g/mol. The Hall–Kier alpha value is -4.31. The number of hydrogen-bond acceptors (Lipinski definition) is 7. The number of nitro groups is 2. The van der Waals surface area contributed by atoms with Crippen LogP contribution in [-0.2, 0) is 16.2 Å². The molecule has 1 saturated heterocycles. The number of aryl methyl sites for hydroxylation is 6. The molecule has 250 valence electrons. The summed E-state index contributed by atoms with van der Waals surface area (Å²) in [5.74, 6) is -0.620. The van der Waals surface area contributed by atoms with E-state index in [0.717, 1.165) is 55.2 Å². The van der Waals surface area contributed by atoms with Crippen LogP contribution in [0.4, 0.5) is 28.4 Å². The SMILES string of the molecule is Cc1cc(C)c(N2CCN(c3c(C)cc(C)cc3C)[C]2=[Ru]=[C](Cl)N(C(=O)c2ccc([N+](=O)[O-])cc2Cl)c2ccc([N+](=O)[O-])cc2)c(C)c1. The van der Waals surface area contributed by atoms with E-state index >= 15 is 0 Å². The van der Waals surface area contributed by atoms with Gasteiger partial charge in [-0.15, -0.1) is 0 Å². The van der Waals surface area contributed by atoms with E-state index in [1.807, 2.05) is 0 Å². The van der Waals surface area contributed by atoms with Crippen molar-refractivity contribution < 1.29 is 30.9 Å². The molecule has 0 atom stereocenters. The Kier molecular flexibility index (Phi) is 10.2. The Bertz CT molecular complexity index is 1950. The van der Waals surface area contributed by atoms with Crippen molar-refractivity contribution in [2.75, 3.05) is 27.8 Å². The maximum absolute atomic E-state index is 14.3. The summed E-state index contributed by atoms with van der Waals surface area (Å²) >= 11 is 12.6. The van der Waals surface area contributed by atoms with Crippen LogP contribution in [0.3, 0.4) is 0 Å². The number of carbonyl (C=O) groups excluding carboxylic acids is 1. The van der Waals surface area contributed by atoms with Crippen LogP contribution in [0.2, 0.25) is 5.02 Å².